The lowest BCUT2D eigenvalue weighted by atomic mass is 10.1. The Hall–Kier alpha value is -1.06. The molecule has 0 amide bonds. The molecule has 1 aliphatic rings. The van der Waals surface area contributed by atoms with Gasteiger partial charge in [-0.3, -0.25) is 4.90 Å². The van der Waals surface area contributed by atoms with Crippen molar-refractivity contribution in [2.24, 2.45) is 0 Å². The smallest absolute Gasteiger partial charge is 0.119 e. The zero-order valence-electron chi connectivity index (χ0n) is 12.9. The number of ether oxygens (including phenoxy) is 1. The van der Waals surface area contributed by atoms with Gasteiger partial charge in [0.2, 0.25) is 0 Å². The second-order valence-electron chi connectivity index (χ2n) is 5.76. The predicted molar refractivity (Wildman–Crippen MR) is 84.2 cm³/mol. The molecule has 1 heterocycles. The van der Waals surface area contributed by atoms with Gasteiger partial charge in [-0.2, -0.15) is 0 Å². The maximum Gasteiger partial charge on any atom is 0.119 e. The Morgan fingerprint density at radius 3 is 2.75 bits per heavy atom. The van der Waals surface area contributed by atoms with Gasteiger partial charge in [-0.25, -0.2) is 0 Å². The Balaban J connectivity index is 1.74. The quantitative estimate of drug-likeness (QED) is 0.864. The second-order valence-corrected chi connectivity index (χ2v) is 5.76. The fraction of sp³-hybridized carbons (Fsp3) is 0.647. The molecule has 0 aromatic heterocycles. The van der Waals surface area contributed by atoms with Gasteiger partial charge in [-0.15, -0.1) is 0 Å². The first-order valence-electron chi connectivity index (χ1n) is 7.90. The van der Waals surface area contributed by atoms with E-state index in [9.17, 15) is 0 Å². The third kappa shape index (κ3) is 4.80. The molecular formula is C17H28N2O. The van der Waals surface area contributed by atoms with Crippen LogP contribution in [0.3, 0.4) is 0 Å². The summed E-state index contributed by atoms with van der Waals surface area (Å²) in [4.78, 5) is 2.57. The topological polar surface area (TPSA) is 24.5 Å². The number of nitrogens with zero attached hydrogens (tertiary/aromatic N) is 1. The second kappa shape index (κ2) is 8.28. The van der Waals surface area contributed by atoms with E-state index in [4.69, 9.17) is 4.74 Å². The molecule has 20 heavy (non-hydrogen) atoms. The first-order valence-corrected chi connectivity index (χ1v) is 7.90. The number of rotatable bonds is 6. The van der Waals surface area contributed by atoms with Gasteiger partial charge in [0.15, 0.2) is 0 Å². The van der Waals surface area contributed by atoms with Crippen molar-refractivity contribution < 1.29 is 4.74 Å². The number of likely N-dealkylation sites (tertiary alicyclic amines) is 1. The van der Waals surface area contributed by atoms with Crippen molar-refractivity contribution in [1.82, 2.24) is 10.2 Å². The van der Waals surface area contributed by atoms with Crippen LogP contribution in [0.25, 0.3) is 0 Å². The van der Waals surface area contributed by atoms with Crippen LogP contribution >= 0.6 is 0 Å². The molecule has 2 rings (SSSR count). The molecule has 1 unspecified atom stereocenters. The van der Waals surface area contributed by atoms with Gasteiger partial charge < -0.3 is 10.1 Å². The summed E-state index contributed by atoms with van der Waals surface area (Å²) in [7, 11) is 1.97. The van der Waals surface area contributed by atoms with Crippen molar-refractivity contribution in [3.05, 3.63) is 29.8 Å². The lowest BCUT2D eigenvalue weighted by molar-refractivity contribution is 0.171. The normalized spacial score (nSPS) is 20.6. The Morgan fingerprint density at radius 1 is 1.20 bits per heavy atom. The van der Waals surface area contributed by atoms with Crippen LogP contribution < -0.4 is 10.1 Å². The molecule has 1 saturated heterocycles. The molecule has 1 aromatic carbocycles. The molecule has 1 aromatic rings. The minimum atomic E-state index is 0.708. The van der Waals surface area contributed by atoms with Gasteiger partial charge in [-0.05, 0) is 51.1 Å². The molecular weight excluding hydrogens is 248 g/mol. The number of nitrogens with one attached hydrogen (secondary N) is 1. The summed E-state index contributed by atoms with van der Waals surface area (Å²) in [6, 6.07) is 9.09. The third-order valence-electron chi connectivity index (χ3n) is 4.14. The fourth-order valence-corrected chi connectivity index (χ4v) is 2.85. The lowest BCUT2D eigenvalue weighted by Gasteiger charge is -2.26. The van der Waals surface area contributed by atoms with Gasteiger partial charge >= 0.3 is 0 Å². The summed E-state index contributed by atoms with van der Waals surface area (Å²) in [5.74, 6) is 0.979. The SMILES string of the molecule is CNCc1ccc(OCCN2CCCCCC2C)cc1. The number of benzene rings is 1. The van der Waals surface area contributed by atoms with Crippen molar-refractivity contribution in [1.29, 1.82) is 0 Å². The Kier molecular flexibility index (Phi) is 6.34. The molecule has 0 bridgehead atoms. The molecule has 0 aliphatic carbocycles. The lowest BCUT2D eigenvalue weighted by Crippen LogP contribution is -2.35. The van der Waals surface area contributed by atoms with Crippen LogP contribution in [0.5, 0.6) is 5.75 Å². The van der Waals surface area contributed by atoms with Crippen LogP contribution in [0.1, 0.15) is 38.2 Å². The monoisotopic (exact) mass is 276 g/mol. The maximum absolute atomic E-state index is 5.87. The highest BCUT2D eigenvalue weighted by molar-refractivity contribution is 5.27. The average molecular weight is 276 g/mol. The van der Waals surface area contributed by atoms with Gasteiger partial charge in [0.1, 0.15) is 12.4 Å². The van der Waals surface area contributed by atoms with E-state index < -0.39 is 0 Å². The van der Waals surface area contributed by atoms with E-state index in [1.54, 1.807) is 0 Å². The summed E-state index contributed by atoms with van der Waals surface area (Å²) in [6.07, 6.45) is 5.43. The van der Waals surface area contributed by atoms with Crippen LogP contribution in [0.2, 0.25) is 0 Å². The Morgan fingerprint density at radius 2 is 2.00 bits per heavy atom. The molecule has 1 N–H and O–H groups in total. The van der Waals surface area contributed by atoms with E-state index in [2.05, 4.69) is 41.4 Å². The largest absolute Gasteiger partial charge is 0.492 e. The van der Waals surface area contributed by atoms with Gasteiger partial charge in [0.05, 0.1) is 0 Å². The highest BCUT2D eigenvalue weighted by Crippen LogP contribution is 2.16. The van der Waals surface area contributed by atoms with Crippen LogP contribution in [0, 0.1) is 0 Å². The van der Waals surface area contributed by atoms with E-state index >= 15 is 0 Å². The third-order valence-corrected chi connectivity index (χ3v) is 4.14. The summed E-state index contributed by atoms with van der Waals surface area (Å²) in [5.41, 5.74) is 1.29. The molecule has 1 fully saturated rings. The molecule has 0 radical (unpaired) electrons. The van der Waals surface area contributed by atoms with Crippen molar-refractivity contribution in [2.75, 3.05) is 26.7 Å². The van der Waals surface area contributed by atoms with E-state index in [1.165, 1.54) is 37.8 Å². The van der Waals surface area contributed by atoms with Crippen LogP contribution in [-0.4, -0.2) is 37.7 Å². The standard InChI is InChI=1S/C17H28N2O/c1-15-6-4-3-5-11-19(15)12-13-20-17-9-7-16(8-10-17)14-18-2/h7-10,15,18H,3-6,11-14H2,1-2H3. The van der Waals surface area contributed by atoms with Gasteiger partial charge in [-0.1, -0.05) is 25.0 Å². The molecule has 1 aliphatic heterocycles. The van der Waals surface area contributed by atoms with E-state index in [1.807, 2.05) is 7.05 Å². The number of hydrogen-bond acceptors (Lipinski definition) is 3. The Bertz CT molecular complexity index is 377. The minimum Gasteiger partial charge on any atom is -0.492 e. The number of hydrogen-bond donors (Lipinski definition) is 1. The van der Waals surface area contributed by atoms with Crippen molar-refractivity contribution in [3.8, 4) is 5.75 Å². The van der Waals surface area contributed by atoms with E-state index in [0.29, 0.717) is 6.04 Å². The van der Waals surface area contributed by atoms with Crippen LogP contribution in [0.15, 0.2) is 24.3 Å². The maximum atomic E-state index is 5.87. The van der Waals surface area contributed by atoms with Crippen LogP contribution in [0.4, 0.5) is 0 Å². The van der Waals surface area contributed by atoms with E-state index in [-0.39, 0.29) is 0 Å². The zero-order chi connectivity index (χ0) is 14.2. The highest BCUT2D eigenvalue weighted by Gasteiger charge is 2.16. The first kappa shape index (κ1) is 15.3. The molecule has 0 spiro atoms. The van der Waals surface area contributed by atoms with E-state index in [0.717, 1.165) is 25.4 Å². The summed E-state index contributed by atoms with van der Waals surface area (Å²) in [6.45, 7) is 6.31. The average Bonchev–Trinajstić information content (AvgIpc) is 2.66. The molecule has 0 saturated carbocycles. The summed E-state index contributed by atoms with van der Waals surface area (Å²) >= 11 is 0. The summed E-state index contributed by atoms with van der Waals surface area (Å²) in [5, 5.41) is 3.15. The zero-order valence-corrected chi connectivity index (χ0v) is 12.9. The van der Waals surface area contributed by atoms with Crippen molar-refractivity contribution in [2.45, 2.75) is 45.2 Å². The molecule has 3 heteroatoms. The predicted octanol–water partition coefficient (Wildman–Crippen LogP) is 3.05. The molecule has 3 nitrogen and oxygen atoms in total. The van der Waals surface area contributed by atoms with Crippen LogP contribution in [-0.2, 0) is 6.54 Å². The van der Waals surface area contributed by atoms with Gasteiger partial charge in [0.25, 0.3) is 0 Å². The minimum absolute atomic E-state index is 0.708. The first-order chi connectivity index (χ1) is 9.79. The van der Waals surface area contributed by atoms with Crippen molar-refractivity contribution in [3.63, 3.8) is 0 Å². The Labute approximate surface area is 123 Å². The van der Waals surface area contributed by atoms with Gasteiger partial charge in [0, 0.05) is 19.1 Å². The fourth-order valence-electron chi connectivity index (χ4n) is 2.85. The molecule has 112 valence electrons. The van der Waals surface area contributed by atoms with Crippen molar-refractivity contribution >= 4 is 0 Å². The summed E-state index contributed by atoms with van der Waals surface area (Å²) < 4.78 is 5.87. The molecule has 1 atom stereocenters. The highest BCUT2D eigenvalue weighted by atomic mass is 16.5.